The summed E-state index contributed by atoms with van der Waals surface area (Å²) in [6.45, 7) is 1.91. The van der Waals surface area contributed by atoms with Gasteiger partial charge in [-0.25, -0.2) is 4.98 Å². The summed E-state index contributed by atoms with van der Waals surface area (Å²) in [5.41, 5.74) is 12.6. The first-order chi connectivity index (χ1) is 14.3. The average molecular weight is 387 g/mol. The molecule has 7 heteroatoms. The fraction of sp³-hybridized carbons (Fsp3) is 0.318. The largest absolute Gasteiger partial charge is 0.341 e. The maximum atomic E-state index is 5.92. The van der Waals surface area contributed by atoms with E-state index < -0.39 is 0 Å². The van der Waals surface area contributed by atoms with Gasteiger partial charge in [-0.2, -0.15) is 5.10 Å². The highest BCUT2D eigenvalue weighted by atomic mass is 15.2. The second-order valence-corrected chi connectivity index (χ2v) is 7.64. The van der Waals surface area contributed by atoms with Gasteiger partial charge in [-0.3, -0.25) is 15.0 Å². The zero-order chi connectivity index (χ0) is 19.6. The van der Waals surface area contributed by atoms with Crippen LogP contribution in [0.2, 0.25) is 0 Å². The van der Waals surface area contributed by atoms with Gasteiger partial charge in [-0.1, -0.05) is 18.2 Å². The summed E-state index contributed by atoms with van der Waals surface area (Å²) in [6.07, 6.45) is 7.05. The number of fused-ring (bicyclic) bond motifs is 2. The van der Waals surface area contributed by atoms with E-state index in [1.54, 1.807) is 0 Å². The quantitative estimate of drug-likeness (QED) is 0.472. The number of nitrogens with zero attached hydrogens (tertiary/aromatic N) is 4. The van der Waals surface area contributed by atoms with Crippen molar-refractivity contribution in [2.75, 3.05) is 0 Å². The van der Waals surface area contributed by atoms with Crippen LogP contribution in [-0.4, -0.2) is 30.0 Å². The van der Waals surface area contributed by atoms with E-state index in [0.717, 1.165) is 53.9 Å². The van der Waals surface area contributed by atoms with Crippen molar-refractivity contribution in [2.24, 2.45) is 5.73 Å². The number of H-pyrrole nitrogens is 2. The summed E-state index contributed by atoms with van der Waals surface area (Å²) in [6, 6.07) is 12.6. The minimum absolute atomic E-state index is 0.238. The van der Waals surface area contributed by atoms with Crippen molar-refractivity contribution >= 4 is 11.0 Å². The Labute approximate surface area is 169 Å². The molecule has 0 fully saturated rings. The van der Waals surface area contributed by atoms with E-state index in [4.69, 9.17) is 15.7 Å². The molecule has 4 N–H and O–H groups in total. The van der Waals surface area contributed by atoms with Crippen molar-refractivity contribution < 1.29 is 0 Å². The molecule has 5 rings (SSSR count). The summed E-state index contributed by atoms with van der Waals surface area (Å²) in [5.74, 6) is 0.961. The fourth-order valence-corrected chi connectivity index (χ4v) is 4.34. The normalized spacial score (nSPS) is 16.4. The molecule has 1 aliphatic carbocycles. The highest BCUT2D eigenvalue weighted by Crippen LogP contribution is 2.34. The monoisotopic (exact) mass is 387 g/mol. The van der Waals surface area contributed by atoms with Gasteiger partial charge in [0.2, 0.25) is 0 Å². The van der Waals surface area contributed by atoms with Gasteiger partial charge < -0.3 is 10.7 Å². The van der Waals surface area contributed by atoms with Gasteiger partial charge in [-0.05, 0) is 43.0 Å². The number of aryl methyl sites for hydroxylation is 1. The molecule has 0 amide bonds. The number of nitrogens with two attached hydrogens (primary N) is 1. The standard InChI is InChI=1S/C22H25N7/c23-11-16-12-25-28-19(16)13-29(14-21-26-17-7-1-2-8-18(17)27-21)20-9-3-5-15-6-4-10-24-22(15)20/h1-2,4,6-8,10,12,20H,3,5,9,11,13-14,23H2,(H,25,28)(H,26,27). The van der Waals surface area contributed by atoms with Gasteiger partial charge in [0.05, 0.1) is 41.2 Å². The van der Waals surface area contributed by atoms with Gasteiger partial charge in [0.25, 0.3) is 0 Å². The Kier molecular flexibility index (Phi) is 4.83. The van der Waals surface area contributed by atoms with Crippen LogP contribution < -0.4 is 5.73 Å². The molecule has 1 aromatic carbocycles. The lowest BCUT2D eigenvalue weighted by Crippen LogP contribution is -2.32. The molecule has 148 valence electrons. The first kappa shape index (κ1) is 18.0. The minimum Gasteiger partial charge on any atom is -0.341 e. The summed E-state index contributed by atoms with van der Waals surface area (Å²) in [7, 11) is 0. The Morgan fingerprint density at radius 1 is 1.14 bits per heavy atom. The van der Waals surface area contributed by atoms with E-state index in [-0.39, 0.29) is 6.04 Å². The molecule has 0 aliphatic heterocycles. The van der Waals surface area contributed by atoms with Crippen molar-refractivity contribution in [3.05, 3.63) is 77.1 Å². The van der Waals surface area contributed by atoms with E-state index in [0.29, 0.717) is 13.1 Å². The lowest BCUT2D eigenvalue weighted by molar-refractivity contribution is 0.151. The van der Waals surface area contributed by atoms with E-state index in [2.05, 4.69) is 32.2 Å². The van der Waals surface area contributed by atoms with Gasteiger partial charge in [0, 0.05) is 24.8 Å². The van der Waals surface area contributed by atoms with E-state index in [9.17, 15) is 0 Å². The number of hydrogen-bond acceptors (Lipinski definition) is 5. The summed E-state index contributed by atoms with van der Waals surface area (Å²) in [5, 5.41) is 7.35. The number of aromatic amines is 2. The molecule has 0 bridgehead atoms. The summed E-state index contributed by atoms with van der Waals surface area (Å²) >= 11 is 0. The third-order valence-corrected chi connectivity index (χ3v) is 5.79. The second kappa shape index (κ2) is 7.77. The molecule has 0 saturated carbocycles. The molecule has 0 radical (unpaired) electrons. The average Bonchev–Trinajstić information content (AvgIpc) is 3.38. The Hall–Kier alpha value is -3.03. The van der Waals surface area contributed by atoms with E-state index in [1.807, 2.05) is 36.7 Å². The Morgan fingerprint density at radius 3 is 2.97 bits per heavy atom. The molecule has 3 aromatic heterocycles. The first-order valence-corrected chi connectivity index (χ1v) is 10.1. The predicted octanol–water partition coefficient (Wildman–Crippen LogP) is 3.22. The van der Waals surface area contributed by atoms with Crippen LogP contribution in [0, 0.1) is 0 Å². The number of nitrogens with one attached hydrogen (secondary N) is 2. The SMILES string of the molecule is NCc1cn[nH]c1CN(Cc1nc2ccccc2[nH]1)C1CCCc2cccnc21. The molecule has 3 heterocycles. The Morgan fingerprint density at radius 2 is 2.07 bits per heavy atom. The molecule has 0 saturated heterocycles. The van der Waals surface area contributed by atoms with Crippen molar-refractivity contribution in [1.82, 2.24) is 30.0 Å². The molecule has 7 nitrogen and oxygen atoms in total. The van der Waals surface area contributed by atoms with E-state index >= 15 is 0 Å². The summed E-state index contributed by atoms with van der Waals surface area (Å²) in [4.78, 5) is 15.5. The highest BCUT2D eigenvalue weighted by Gasteiger charge is 2.28. The first-order valence-electron chi connectivity index (χ1n) is 10.1. The van der Waals surface area contributed by atoms with Gasteiger partial charge in [0.1, 0.15) is 5.82 Å². The maximum Gasteiger partial charge on any atom is 0.121 e. The van der Waals surface area contributed by atoms with Crippen molar-refractivity contribution in [2.45, 2.75) is 44.9 Å². The molecular weight excluding hydrogens is 362 g/mol. The fourth-order valence-electron chi connectivity index (χ4n) is 4.34. The molecule has 1 atom stereocenters. The third-order valence-electron chi connectivity index (χ3n) is 5.79. The topological polar surface area (TPSA) is 99.5 Å². The van der Waals surface area contributed by atoms with Crippen LogP contribution >= 0.6 is 0 Å². The number of para-hydroxylation sites is 2. The molecule has 4 aromatic rings. The van der Waals surface area contributed by atoms with Gasteiger partial charge in [-0.15, -0.1) is 0 Å². The van der Waals surface area contributed by atoms with Crippen molar-refractivity contribution in [3.8, 4) is 0 Å². The maximum absolute atomic E-state index is 5.92. The molecule has 0 spiro atoms. The molecule has 29 heavy (non-hydrogen) atoms. The van der Waals surface area contributed by atoms with Gasteiger partial charge >= 0.3 is 0 Å². The van der Waals surface area contributed by atoms with Crippen LogP contribution in [-0.2, 0) is 26.1 Å². The number of aromatic nitrogens is 5. The number of hydrogen-bond donors (Lipinski definition) is 3. The van der Waals surface area contributed by atoms with Gasteiger partial charge in [0.15, 0.2) is 0 Å². The molecule has 1 aliphatic rings. The molecule has 1 unspecified atom stereocenters. The minimum atomic E-state index is 0.238. The summed E-state index contributed by atoms with van der Waals surface area (Å²) < 4.78 is 0. The second-order valence-electron chi connectivity index (χ2n) is 7.64. The van der Waals surface area contributed by atoms with Crippen LogP contribution in [0.5, 0.6) is 0 Å². The lowest BCUT2D eigenvalue weighted by atomic mass is 9.90. The van der Waals surface area contributed by atoms with Crippen LogP contribution in [0.25, 0.3) is 11.0 Å². The van der Waals surface area contributed by atoms with Crippen LogP contribution in [0.3, 0.4) is 0 Å². The third kappa shape index (κ3) is 3.54. The van der Waals surface area contributed by atoms with Crippen LogP contribution in [0.15, 0.2) is 48.8 Å². The zero-order valence-corrected chi connectivity index (χ0v) is 16.3. The number of benzene rings is 1. The zero-order valence-electron chi connectivity index (χ0n) is 16.3. The predicted molar refractivity (Wildman–Crippen MR) is 112 cm³/mol. The van der Waals surface area contributed by atoms with Crippen molar-refractivity contribution in [3.63, 3.8) is 0 Å². The number of rotatable bonds is 6. The smallest absolute Gasteiger partial charge is 0.121 e. The Balaban J connectivity index is 1.51. The number of imidazole rings is 1. The van der Waals surface area contributed by atoms with Crippen LogP contribution in [0.1, 0.15) is 47.2 Å². The molecular formula is C22H25N7. The lowest BCUT2D eigenvalue weighted by Gasteiger charge is -2.34. The number of pyridine rings is 1. The Bertz CT molecular complexity index is 1080. The van der Waals surface area contributed by atoms with Crippen LogP contribution in [0.4, 0.5) is 0 Å². The van der Waals surface area contributed by atoms with E-state index in [1.165, 1.54) is 11.3 Å². The highest BCUT2D eigenvalue weighted by molar-refractivity contribution is 5.74. The van der Waals surface area contributed by atoms with Crippen molar-refractivity contribution in [1.29, 1.82) is 0 Å².